The van der Waals surface area contributed by atoms with E-state index >= 15 is 0 Å². The van der Waals surface area contributed by atoms with Crippen molar-refractivity contribution in [3.8, 4) is 0 Å². The van der Waals surface area contributed by atoms with Crippen LogP contribution in [0.4, 0.5) is 4.39 Å². The van der Waals surface area contributed by atoms with Crippen molar-refractivity contribution in [3.05, 3.63) is 70.5 Å². The van der Waals surface area contributed by atoms with Gasteiger partial charge in [0.1, 0.15) is 5.82 Å². The average molecular weight is 306 g/mol. The van der Waals surface area contributed by atoms with E-state index in [0.29, 0.717) is 5.56 Å². The van der Waals surface area contributed by atoms with Crippen LogP contribution in [-0.2, 0) is 6.42 Å². The summed E-state index contributed by atoms with van der Waals surface area (Å²) in [5.41, 5.74) is 1.53. The van der Waals surface area contributed by atoms with E-state index in [1.807, 2.05) is 25.1 Å². The molecule has 0 aliphatic rings. The summed E-state index contributed by atoms with van der Waals surface area (Å²) in [4.78, 5) is 12.1. The minimum absolute atomic E-state index is 0.0128. The fraction of sp³-hybridized carbons (Fsp3) is 0.235. The number of carbonyl (C=O) groups is 1. The standard InChI is InChI=1S/C17H17ClFNO/c1-12(7-8-13-5-3-2-4-6-13)20-17(21)15-10-9-14(19)11-16(15)18/h2-6,9-12H,7-8H2,1H3,(H,20,21)/t12-/m1/s1. The monoisotopic (exact) mass is 305 g/mol. The Morgan fingerprint density at radius 2 is 1.95 bits per heavy atom. The molecule has 0 fully saturated rings. The van der Waals surface area contributed by atoms with Crippen molar-refractivity contribution in [3.63, 3.8) is 0 Å². The summed E-state index contributed by atoms with van der Waals surface area (Å²) in [6.07, 6.45) is 1.72. The summed E-state index contributed by atoms with van der Waals surface area (Å²) in [5.74, 6) is -0.728. The highest BCUT2D eigenvalue weighted by molar-refractivity contribution is 6.33. The predicted molar refractivity (Wildman–Crippen MR) is 83.1 cm³/mol. The summed E-state index contributed by atoms with van der Waals surface area (Å²) in [6, 6.07) is 13.9. The third-order valence-corrected chi connectivity index (χ3v) is 3.57. The summed E-state index contributed by atoms with van der Waals surface area (Å²) >= 11 is 5.88. The van der Waals surface area contributed by atoms with Crippen molar-refractivity contribution >= 4 is 17.5 Å². The maximum Gasteiger partial charge on any atom is 0.253 e. The molecule has 0 saturated carbocycles. The Morgan fingerprint density at radius 3 is 2.62 bits per heavy atom. The Morgan fingerprint density at radius 1 is 1.24 bits per heavy atom. The molecule has 4 heteroatoms. The second kappa shape index (κ2) is 7.23. The summed E-state index contributed by atoms with van der Waals surface area (Å²) in [6.45, 7) is 1.94. The van der Waals surface area contributed by atoms with E-state index in [0.717, 1.165) is 18.9 Å². The van der Waals surface area contributed by atoms with Gasteiger partial charge in [0, 0.05) is 6.04 Å². The Hall–Kier alpha value is -1.87. The maximum atomic E-state index is 13.0. The van der Waals surface area contributed by atoms with Crippen LogP contribution in [0.2, 0.25) is 5.02 Å². The SMILES string of the molecule is C[C@H](CCc1ccccc1)NC(=O)c1ccc(F)cc1Cl. The van der Waals surface area contributed by atoms with Crippen molar-refractivity contribution < 1.29 is 9.18 Å². The lowest BCUT2D eigenvalue weighted by molar-refractivity contribution is 0.0938. The van der Waals surface area contributed by atoms with Gasteiger partial charge in [-0.3, -0.25) is 4.79 Å². The number of halogens is 2. The van der Waals surface area contributed by atoms with Crippen molar-refractivity contribution in [2.24, 2.45) is 0 Å². The molecule has 0 bridgehead atoms. The molecular weight excluding hydrogens is 289 g/mol. The smallest absolute Gasteiger partial charge is 0.253 e. The molecule has 0 spiro atoms. The van der Waals surface area contributed by atoms with E-state index in [1.54, 1.807) is 0 Å². The van der Waals surface area contributed by atoms with Gasteiger partial charge in [0.25, 0.3) is 5.91 Å². The molecule has 2 aromatic carbocycles. The first-order chi connectivity index (χ1) is 10.1. The highest BCUT2D eigenvalue weighted by Crippen LogP contribution is 2.17. The number of rotatable bonds is 5. The molecule has 110 valence electrons. The quantitative estimate of drug-likeness (QED) is 0.880. The molecular formula is C17H17ClFNO. The van der Waals surface area contributed by atoms with Gasteiger partial charge in [0.2, 0.25) is 0 Å². The van der Waals surface area contributed by atoms with Crippen LogP contribution in [0, 0.1) is 5.82 Å². The summed E-state index contributed by atoms with van der Waals surface area (Å²) in [7, 11) is 0. The van der Waals surface area contributed by atoms with Gasteiger partial charge in [-0.05, 0) is 43.5 Å². The molecule has 0 saturated heterocycles. The van der Waals surface area contributed by atoms with Gasteiger partial charge in [-0.2, -0.15) is 0 Å². The first kappa shape index (κ1) is 15.5. The van der Waals surface area contributed by atoms with E-state index < -0.39 is 5.82 Å². The van der Waals surface area contributed by atoms with Gasteiger partial charge in [-0.25, -0.2) is 4.39 Å². The maximum absolute atomic E-state index is 13.0. The zero-order valence-corrected chi connectivity index (χ0v) is 12.5. The molecule has 2 rings (SSSR count). The van der Waals surface area contributed by atoms with Crippen molar-refractivity contribution in [1.82, 2.24) is 5.32 Å². The van der Waals surface area contributed by atoms with Crippen LogP contribution in [0.1, 0.15) is 29.3 Å². The Bertz CT molecular complexity index is 615. The van der Waals surface area contributed by atoms with Crippen LogP contribution < -0.4 is 5.32 Å². The molecule has 1 amide bonds. The fourth-order valence-electron chi connectivity index (χ4n) is 2.08. The van der Waals surface area contributed by atoms with E-state index in [4.69, 9.17) is 11.6 Å². The summed E-state index contributed by atoms with van der Waals surface area (Å²) < 4.78 is 13.0. The van der Waals surface area contributed by atoms with Gasteiger partial charge >= 0.3 is 0 Å². The molecule has 0 aliphatic carbocycles. The molecule has 0 heterocycles. The van der Waals surface area contributed by atoms with Crippen molar-refractivity contribution in [1.29, 1.82) is 0 Å². The van der Waals surface area contributed by atoms with Crippen molar-refractivity contribution in [2.75, 3.05) is 0 Å². The third-order valence-electron chi connectivity index (χ3n) is 3.26. The minimum atomic E-state index is -0.450. The van der Waals surface area contributed by atoms with Crippen LogP contribution in [-0.4, -0.2) is 11.9 Å². The lowest BCUT2D eigenvalue weighted by Gasteiger charge is -2.14. The number of amides is 1. The number of carbonyl (C=O) groups excluding carboxylic acids is 1. The Labute approximate surface area is 128 Å². The van der Waals surface area contributed by atoms with Gasteiger partial charge in [-0.15, -0.1) is 0 Å². The zero-order chi connectivity index (χ0) is 15.2. The number of hydrogen-bond donors (Lipinski definition) is 1. The average Bonchev–Trinajstić information content (AvgIpc) is 2.46. The predicted octanol–water partition coefficient (Wildman–Crippen LogP) is 4.23. The van der Waals surface area contributed by atoms with Gasteiger partial charge in [-0.1, -0.05) is 41.9 Å². The number of nitrogens with one attached hydrogen (secondary N) is 1. The largest absolute Gasteiger partial charge is 0.350 e. The number of benzene rings is 2. The minimum Gasteiger partial charge on any atom is -0.350 e. The first-order valence-corrected chi connectivity index (χ1v) is 7.24. The van der Waals surface area contributed by atoms with Gasteiger partial charge in [0.05, 0.1) is 10.6 Å². The van der Waals surface area contributed by atoms with E-state index in [2.05, 4.69) is 17.4 Å². The highest BCUT2D eigenvalue weighted by atomic mass is 35.5. The topological polar surface area (TPSA) is 29.1 Å². The summed E-state index contributed by atoms with van der Waals surface area (Å²) in [5, 5.41) is 3.01. The highest BCUT2D eigenvalue weighted by Gasteiger charge is 2.13. The van der Waals surface area contributed by atoms with Crippen molar-refractivity contribution in [2.45, 2.75) is 25.8 Å². The van der Waals surface area contributed by atoms with Crippen LogP contribution >= 0.6 is 11.6 Å². The molecule has 2 aromatic rings. The van der Waals surface area contributed by atoms with Crippen LogP contribution in [0.15, 0.2) is 48.5 Å². The molecule has 21 heavy (non-hydrogen) atoms. The number of aryl methyl sites for hydroxylation is 1. The van der Waals surface area contributed by atoms with E-state index in [1.165, 1.54) is 17.7 Å². The zero-order valence-electron chi connectivity index (χ0n) is 11.8. The van der Waals surface area contributed by atoms with Crippen LogP contribution in [0.3, 0.4) is 0 Å². The van der Waals surface area contributed by atoms with Crippen LogP contribution in [0.5, 0.6) is 0 Å². The molecule has 0 aliphatic heterocycles. The molecule has 1 N–H and O–H groups in total. The molecule has 0 aromatic heterocycles. The normalized spacial score (nSPS) is 12.0. The third kappa shape index (κ3) is 4.57. The Balaban J connectivity index is 1.90. The van der Waals surface area contributed by atoms with Gasteiger partial charge in [0.15, 0.2) is 0 Å². The van der Waals surface area contributed by atoms with E-state index in [-0.39, 0.29) is 17.0 Å². The fourth-order valence-corrected chi connectivity index (χ4v) is 2.33. The van der Waals surface area contributed by atoms with E-state index in [9.17, 15) is 9.18 Å². The molecule has 1 atom stereocenters. The molecule has 0 radical (unpaired) electrons. The lowest BCUT2D eigenvalue weighted by atomic mass is 10.1. The Kier molecular flexibility index (Phi) is 5.34. The second-order valence-corrected chi connectivity index (χ2v) is 5.43. The molecule has 0 unspecified atom stereocenters. The van der Waals surface area contributed by atoms with Gasteiger partial charge < -0.3 is 5.32 Å². The number of hydrogen-bond acceptors (Lipinski definition) is 1. The second-order valence-electron chi connectivity index (χ2n) is 5.02. The first-order valence-electron chi connectivity index (χ1n) is 6.86. The lowest BCUT2D eigenvalue weighted by Crippen LogP contribution is -2.33. The molecule has 2 nitrogen and oxygen atoms in total. The van der Waals surface area contributed by atoms with Crippen LogP contribution in [0.25, 0.3) is 0 Å².